The smallest absolute Gasteiger partial charge is 0.221 e. The number of ketones is 1. The monoisotopic (exact) mass is 322 g/mol. The second-order valence-corrected chi connectivity index (χ2v) is 5.33. The van der Waals surface area contributed by atoms with E-state index in [0.717, 1.165) is 16.5 Å². The molecule has 0 saturated carbocycles. The molecule has 3 rings (SSSR count). The minimum absolute atomic E-state index is 0.187. The van der Waals surface area contributed by atoms with Crippen LogP contribution in [-0.2, 0) is 0 Å². The Morgan fingerprint density at radius 2 is 1.83 bits per heavy atom. The van der Waals surface area contributed by atoms with E-state index in [1.165, 1.54) is 6.08 Å². The zero-order valence-electron chi connectivity index (χ0n) is 13.8. The molecular formula is C20H18O4. The normalized spacial score (nSPS) is 11.1. The minimum Gasteiger partial charge on any atom is -0.493 e. The number of benzene rings is 2. The number of fused-ring (bicyclic) bond motifs is 1. The van der Waals surface area contributed by atoms with E-state index in [1.807, 2.05) is 43.3 Å². The fraction of sp³-hybridized carbons (Fsp3) is 0.150. The van der Waals surface area contributed by atoms with Gasteiger partial charge in [-0.2, -0.15) is 0 Å². The van der Waals surface area contributed by atoms with Crippen LogP contribution in [0.4, 0.5) is 0 Å². The van der Waals surface area contributed by atoms with Crippen molar-refractivity contribution < 1.29 is 18.7 Å². The van der Waals surface area contributed by atoms with E-state index < -0.39 is 0 Å². The summed E-state index contributed by atoms with van der Waals surface area (Å²) in [6.07, 6.45) is 3.19. The molecule has 0 bridgehead atoms. The Bertz CT molecular complexity index is 919. The van der Waals surface area contributed by atoms with Crippen LogP contribution in [0.2, 0.25) is 0 Å². The Morgan fingerprint density at radius 3 is 2.54 bits per heavy atom. The van der Waals surface area contributed by atoms with Crippen molar-refractivity contribution in [3.63, 3.8) is 0 Å². The number of hydrogen-bond donors (Lipinski definition) is 0. The van der Waals surface area contributed by atoms with Gasteiger partial charge in [-0.1, -0.05) is 30.3 Å². The van der Waals surface area contributed by atoms with Crippen LogP contribution >= 0.6 is 0 Å². The van der Waals surface area contributed by atoms with Gasteiger partial charge in [0.05, 0.1) is 14.2 Å². The van der Waals surface area contributed by atoms with Crippen molar-refractivity contribution in [1.82, 2.24) is 0 Å². The minimum atomic E-state index is -0.187. The van der Waals surface area contributed by atoms with E-state index >= 15 is 0 Å². The maximum Gasteiger partial charge on any atom is 0.221 e. The first-order valence-electron chi connectivity index (χ1n) is 7.57. The molecular weight excluding hydrogens is 304 g/mol. The van der Waals surface area contributed by atoms with Gasteiger partial charge < -0.3 is 13.9 Å². The molecule has 3 aromatic rings. The third kappa shape index (κ3) is 2.78. The lowest BCUT2D eigenvalue weighted by Gasteiger charge is -2.09. The lowest BCUT2D eigenvalue weighted by Crippen LogP contribution is -1.95. The average Bonchev–Trinajstić information content (AvgIpc) is 2.96. The van der Waals surface area contributed by atoms with Crippen molar-refractivity contribution in [3.8, 4) is 11.5 Å². The highest BCUT2D eigenvalue weighted by Crippen LogP contribution is 2.32. The number of methoxy groups -OCH3 is 2. The van der Waals surface area contributed by atoms with E-state index in [0.29, 0.717) is 22.8 Å². The Kier molecular flexibility index (Phi) is 4.38. The quantitative estimate of drug-likeness (QED) is 0.506. The summed E-state index contributed by atoms with van der Waals surface area (Å²) in [7, 11) is 3.15. The summed E-state index contributed by atoms with van der Waals surface area (Å²) in [6, 6.07) is 13.1. The Balaban J connectivity index is 1.94. The molecule has 1 aromatic heterocycles. The van der Waals surface area contributed by atoms with Crippen molar-refractivity contribution in [1.29, 1.82) is 0 Å². The zero-order valence-corrected chi connectivity index (χ0v) is 13.8. The van der Waals surface area contributed by atoms with Crippen LogP contribution < -0.4 is 9.47 Å². The molecule has 24 heavy (non-hydrogen) atoms. The number of carbonyl (C=O) groups is 1. The Hall–Kier alpha value is -3.01. The SMILES string of the molecule is COc1cccc(/C=C/C(=O)c2oc3ccccc3c2C)c1OC. The molecule has 2 aromatic carbocycles. The maximum absolute atomic E-state index is 12.5. The highest BCUT2D eigenvalue weighted by Gasteiger charge is 2.15. The Labute approximate surface area is 140 Å². The van der Waals surface area contributed by atoms with E-state index in [2.05, 4.69) is 0 Å². The van der Waals surface area contributed by atoms with Crippen molar-refractivity contribution in [3.05, 3.63) is 65.4 Å². The first-order valence-corrected chi connectivity index (χ1v) is 7.57. The number of para-hydroxylation sites is 2. The van der Waals surface area contributed by atoms with Crippen LogP contribution in [0.25, 0.3) is 17.0 Å². The third-order valence-corrected chi connectivity index (χ3v) is 3.92. The summed E-state index contributed by atoms with van der Waals surface area (Å²) >= 11 is 0. The zero-order chi connectivity index (χ0) is 17.1. The number of hydrogen-bond acceptors (Lipinski definition) is 4. The molecule has 0 unspecified atom stereocenters. The van der Waals surface area contributed by atoms with Gasteiger partial charge in [0.2, 0.25) is 5.78 Å². The van der Waals surface area contributed by atoms with Crippen LogP contribution in [0.5, 0.6) is 11.5 Å². The van der Waals surface area contributed by atoms with Crippen molar-refractivity contribution in [2.24, 2.45) is 0 Å². The molecule has 0 amide bonds. The largest absolute Gasteiger partial charge is 0.493 e. The van der Waals surface area contributed by atoms with Crippen LogP contribution in [0.1, 0.15) is 21.7 Å². The van der Waals surface area contributed by atoms with Gasteiger partial charge in [0.15, 0.2) is 17.3 Å². The number of furan rings is 1. The summed E-state index contributed by atoms with van der Waals surface area (Å²) in [6.45, 7) is 1.89. The summed E-state index contributed by atoms with van der Waals surface area (Å²) in [5.74, 6) is 1.38. The fourth-order valence-corrected chi connectivity index (χ4v) is 2.69. The molecule has 0 radical (unpaired) electrons. The number of carbonyl (C=O) groups excluding carboxylic acids is 1. The summed E-state index contributed by atoms with van der Waals surface area (Å²) < 4.78 is 16.3. The number of aryl methyl sites for hydroxylation is 1. The first-order chi connectivity index (χ1) is 11.7. The van der Waals surface area contributed by atoms with E-state index in [-0.39, 0.29) is 5.78 Å². The lowest BCUT2D eigenvalue weighted by molar-refractivity contribution is 0.102. The number of allylic oxidation sites excluding steroid dienone is 1. The molecule has 1 heterocycles. The highest BCUT2D eigenvalue weighted by molar-refractivity contribution is 6.08. The average molecular weight is 322 g/mol. The van der Waals surface area contributed by atoms with Gasteiger partial charge in [-0.25, -0.2) is 0 Å². The van der Waals surface area contributed by atoms with Gasteiger partial charge in [-0.05, 0) is 31.2 Å². The van der Waals surface area contributed by atoms with Gasteiger partial charge in [0.1, 0.15) is 5.58 Å². The molecule has 0 aliphatic heterocycles. The van der Waals surface area contributed by atoms with Crippen molar-refractivity contribution in [2.45, 2.75) is 6.92 Å². The maximum atomic E-state index is 12.5. The molecule has 0 aliphatic carbocycles. The number of ether oxygens (including phenoxy) is 2. The van der Waals surface area contributed by atoms with E-state index in [9.17, 15) is 4.79 Å². The summed E-state index contributed by atoms with van der Waals surface area (Å²) in [5.41, 5.74) is 2.32. The standard InChI is InChI=1S/C20H18O4/c1-13-15-8-4-5-9-17(15)24-19(13)16(21)12-11-14-7-6-10-18(22-2)20(14)23-3/h4-12H,1-3H3/b12-11+. The van der Waals surface area contributed by atoms with Crippen LogP contribution in [0, 0.1) is 6.92 Å². The van der Waals surface area contributed by atoms with Crippen molar-refractivity contribution >= 4 is 22.8 Å². The van der Waals surface area contributed by atoms with Gasteiger partial charge in [0, 0.05) is 16.5 Å². The second kappa shape index (κ2) is 6.62. The van der Waals surface area contributed by atoms with Crippen molar-refractivity contribution in [2.75, 3.05) is 14.2 Å². The van der Waals surface area contributed by atoms with Gasteiger partial charge in [0.25, 0.3) is 0 Å². The lowest BCUT2D eigenvalue weighted by atomic mass is 10.1. The molecule has 0 aliphatic rings. The van der Waals surface area contributed by atoms with Gasteiger partial charge in [-0.3, -0.25) is 4.79 Å². The topological polar surface area (TPSA) is 48.7 Å². The van der Waals surface area contributed by atoms with E-state index in [4.69, 9.17) is 13.9 Å². The molecule has 4 nitrogen and oxygen atoms in total. The predicted molar refractivity (Wildman–Crippen MR) is 93.9 cm³/mol. The number of rotatable bonds is 5. The molecule has 4 heteroatoms. The molecule has 122 valence electrons. The van der Waals surface area contributed by atoms with Crippen LogP contribution in [0.3, 0.4) is 0 Å². The molecule has 0 fully saturated rings. The molecule has 0 N–H and O–H groups in total. The van der Waals surface area contributed by atoms with Crippen LogP contribution in [0.15, 0.2) is 53.0 Å². The molecule has 0 atom stereocenters. The summed E-state index contributed by atoms with van der Waals surface area (Å²) in [4.78, 5) is 12.5. The highest BCUT2D eigenvalue weighted by atomic mass is 16.5. The molecule has 0 spiro atoms. The second-order valence-electron chi connectivity index (χ2n) is 5.33. The summed E-state index contributed by atoms with van der Waals surface area (Å²) in [5, 5.41) is 0.952. The Morgan fingerprint density at radius 1 is 1.04 bits per heavy atom. The fourth-order valence-electron chi connectivity index (χ4n) is 2.69. The predicted octanol–water partition coefficient (Wildman–Crippen LogP) is 4.65. The van der Waals surface area contributed by atoms with Gasteiger partial charge >= 0.3 is 0 Å². The third-order valence-electron chi connectivity index (χ3n) is 3.92. The van der Waals surface area contributed by atoms with Gasteiger partial charge in [-0.15, -0.1) is 0 Å². The first kappa shape index (κ1) is 15.9. The van der Waals surface area contributed by atoms with E-state index in [1.54, 1.807) is 26.4 Å². The molecule has 0 saturated heterocycles. The van der Waals surface area contributed by atoms with Crippen LogP contribution in [-0.4, -0.2) is 20.0 Å².